The Bertz CT molecular complexity index is 376. The first-order valence-electron chi connectivity index (χ1n) is 15.4. The lowest BCUT2D eigenvalue weighted by Crippen LogP contribution is -2.00. The third kappa shape index (κ3) is 44.2. The summed E-state index contributed by atoms with van der Waals surface area (Å²) in [6, 6.07) is 0. The predicted octanol–water partition coefficient (Wildman–Crippen LogP) is 12.7. The average molecular weight is 647 g/mol. The molecule has 0 aliphatic heterocycles. The van der Waals surface area contributed by atoms with Crippen LogP contribution in [0.4, 0.5) is 0 Å². The monoisotopic (exact) mass is 646 g/mol. The molecule has 38 heavy (non-hydrogen) atoms. The number of unbranched alkanes of at least 4 members (excludes halogenated alkanes) is 16. The quantitative estimate of drug-likeness (QED) is 0.0467. The van der Waals surface area contributed by atoms with Crippen LogP contribution in [0.2, 0.25) is 0 Å². The molecule has 0 aromatic carbocycles. The van der Waals surface area contributed by atoms with Crippen LogP contribution in [0.15, 0.2) is 0 Å². The lowest BCUT2D eigenvalue weighted by atomic mass is 10.2. The summed E-state index contributed by atoms with van der Waals surface area (Å²) in [5.74, 6) is 2.25. The highest BCUT2D eigenvalue weighted by Crippen LogP contribution is 2.13. The van der Waals surface area contributed by atoms with E-state index in [1.54, 1.807) is 23.5 Å². The van der Waals surface area contributed by atoms with Gasteiger partial charge >= 0.3 is 0 Å². The molecule has 0 N–H and O–H groups in total. The van der Waals surface area contributed by atoms with Gasteiger partial charge in [-0.15, -0.1) is 23.3 Å². The van der Waals surface area contributed by atoms with Crippen molar-refractivity contribution in [2.75, 3.05) is 24.7 Å². The van der Waals surface area contributed by atoms with Crippen molar-refractivity contribution in [2.24, 2.45) is 0 Å². The first-order chi connectivity index (χ1) is 18.6. The average Bonchev–Trinajstić information content (AvgIpc) is 2.93. The number of hydrogen-bond acceptors (Lipinski definition) is 8. The second kappa shape index (κ2) is 42.6. The summed E-state index contributed by atoms with van der Waals surface area (Å²) in [5.41, 5.74) is 0. The molecule has 0 rings (SSSR count). The third-order valence-corrected chi connectivity index (χ3v) is 8.51. The van der Waals surface area contributed by atoms with Crippen molar-refractivity contribution in [1.29, 1.82) is 0 Å². The Balaban J connectivity index is -0.000000605. The van der Waals surface area contributed by atoms with Crippen molar-refractivity contribution in [3.05, 3.63) is 0 Å². The molecule has 0 amide bonds. The molecule has 0 bridgehead atoms. The number of hydrogen-bond donors (Lipinski definition) is 2. The normalized spacial score (nSPS) is 10.2. The zero-order valence-corrected chi connectivity index (χ0v) is 30.4. The Hall–Kier alpha value is 1.18. The molecule has 0 atom stereocenters. The van der Waals surface area contributed by atoms with Crippen LogP contribution in [0.5, 0.6) is 0 Å². The maximum atomic E-state index is 5.54. The highest BCUT2D eigenvalue weighted by Gasteiger charge is 2.00. The lowest BCUT2D eigenvalue weighted by molar-refractivity contribution is 0.308. The number of rotatable bonds is 24. The Morgan fingerprint density at radius 1 is 0.447 bits per heavy atom. The molecule has 0 aliphatic rings. The zero-order chi connectivity index (χ0) is 29.0. The van der Waals surface area contributed by atoms with Gasteiger partial charge in [-0.05, 0) is 50.1 Å². The fraction of sp³-hybridized carbons (Fsp3) is 0.933. The van der Waals surface area contributed by atoms with E-state index in [0.717, 1.165) is 46.3 Å². The van der Waals surface area contributed by atoms with Crippen molar-refractivity contribution in [2.45, 2.75) is 156 Å². The van der Waals surface area contributed by atoms with Gasteiger partial charge in [0.15, 0.2) is 0 Å². The molecule has 230 valence electrons. The molecular formula is C30H62O2S6. The van der Waals surface area contributed by atoms with Crippen LogP contribution in [0.25, 0.3) is 0 Å². The first kappa shape index (κ1) is 43.6. The Morgan fingerprint density at radius 2 is 0.711 bits per heavy atom. The van der Waals surface area contributed by atoms with E-state index in [9.17, 15) is 0 Å². The van der Waals surface area contributed by atoms with Gasteiger partial charge in [-0.2, -0.15) is 0 Å². The minimum atomic E-state index is 0.751. The molecule has 0 unspecified atom stereocenters. The Morgan fingerprint density at radius 3 is 1.00 bits per heavy atom. The van der Waals surface area contributed by atoms with Crippen LogP contribution in [0.1, 0.15) is 156 Å². The summed E-state index contributed by atoms with van der Waals surface area (Å²) in [6.07, 6.45) is 26.1. The third-order valence-electron chi connectivity index (χ3n) is 5.87. The van der Waals surface area contributed by atoms with Crippen LogP contribution < -0.4 is 0 Å². The van der Waals surface area contributed by atoms with E-state index in [0.29, 0.717) is 0 Å². The van der Waals surface area contributed by atoms with Gasteiger partial charge in [0.2, 0.25) is 8.77 Å². The standard InChI is InChI=1S/2C15H30OS2.H2S2/c2*1-3-5-7-9-11-13-16-15(17)18-14-12-10-8-6-4-2;1-2/h2*3-14H2,1-2H3;1-2H. The van der Waals surface area contributed by atoms with Crippen LogP contribution >= 0.6 is 71.3 Å². The maximum Gasteiger partial charge on any atom is 0.219 e. The molecule has 0 radical (unpaired) electrons. The van der Waals surface area contributed by atoms with Crippen LogP contribution in [-0.4, -0.2) is 33.5 Å². The lowest BCUT2D eigenvalue weighted by Gasteiger charge is -2.06. The van der Waals surface area contributed by atoms with Crippen molar-refractivity contribution >= 4 is 80.0 Å². The van der Waals surface area contributed by atoms with Crippen LogP contribution in [0, 0.1) is 0 Å². The molecule has 0 spiro atoms. The van der Waals surface area contributed by atoms with Gasteiger partial charge in [0.25, 0.3) is 0 Å². The minimum Gasteiger partial charge on any atom is -0.479 e. The first-order valence-corrected chi connectivity index (χ1v) is 19.8. The van der Waals surface area contributed by atoms with Crippen LogP contribution in [0.3, 0.4) is 0 Å². The van der Waals surface area contributed by atoms with Gasteiger partial charge in [-0.3, -0.25) is 0 Å². The fourth-order valence-corrected chi connectivity index (χ4v) is 5.56. The molecule has 0 aromatic rings. The van der Waals surface area contributed by atoms with Gasteiger partial charge in [0.05, 0.1) is 13.2 Å². The molecule has 0 heterocycles. The van der Waals surface area contributed by atoms with Gasteiger partial charge in [-0.25, -0.2) is 0 Å². The largest absolute Gasteiger partial charge is 0.479 e. The van der Waals surface area contributed by atoms with E-state index < -0.39 is 0 Å². The molecule has 0 fully saturated rings. The van der Waals surface area contributed by atoms with Gasteiger partial charge in [0, 0.05) is 11.5 Å². The molecule has 0 aliphatic carbocycles. The van der Waals surface area contributed by atoms with E-state index in [1.807, 2.05) is 0 Å². The van der Waals surface area contributed by atoms with E-state index in [2.05, 4.69) is 51.0 Å². The maximum absolute atomic E-state index is 5.54. The second-order valence-electron chi connectivity index (χ2n) is 9.55. The minimum absolute atomic E-state index is 0.751. The fourth-order valence-electron chi connectivity index (χ4n) is 3.53. The van der Waals surface area contributed by atoms with Gasteiger partial charge in [0.1, 0.15) is 0 Å². The van der Waals surface area contributed by atoms with E-state index in [1.165, 1.54) is 116 Å². The Kier molecular flexibility index (Phi) is 49.0. The van der Waals surface area contributed by atoms with Crippen molar-refractivity contribution in [3.8, 4) is 0 Å². The SMILES string of the molecule is CCCCCCCOC(=S)SCCCCCCC.CCCCCCCOC(=S)SCCCCCCC.SS. The summed E-state index contributed by atoms with van der Waals surface area (Å²) in [4.78, 5) is 0. The van der Waals surface area contributed by atoms with Crippen molar-refractivity contribution < 1.29 is 9.47 Å². The van der Waals surface area contributed by atoms with Gasteiger partial charge in [-0.1, -0.05) is 154 Å². The molecule has 2 nitrogen and oxygen atoms in total. The van der Waals surface area contributed by atoms with Gasteiger partial charge < -0.3 is 9.47 Å². The molecule has 0 aromatic heterocycles. The summed E-state index contributed by atoms with van der Waals surface area (Å²) >= 11 is 20.3. The highest BCUT2D eigenvalue weighted by atomic mass is 33.1. The molecule has 0 saturated heterocycles. The summed E-state index contributed by atoms with van der Waals surface area (Å²) in [5, 5.41) is 0. The topological polar surface area (TPSA) is 18.5 Å². The van der Waals surface area contributed by atoms with Crippen molar-refractivity contribution in [1.82, 2.24) is 0 Å². The number of thiol groups is 2. The predicted molar refractivity (Wildman–Crippen MR) is 195 cm³/mol. The molecule has 0 saturated carbocycles. The second-order valence-corrected chi connectivity index (χ2v) is 12.9. The van der Waals surface area contributed by atoms with E-state index in [4.69, 9.17) is 33.9 Å². The summed E-state index contributed by atoms with van der Waals surface area (Å²) in [7, 11) is 0. The van der Waals surface area contributed by atoms with E-state index >= 15 is 0 Å². The van der Waals surface area contributed by atoms with E-state index in [-0.39, 0.29) is 0 Å². The smallest absolute Gasteiger partial charge is 0.219 e. The number of ether oxygens (including phenoxy) is 2. The Labute approximate surface area is 268 Å². The molecule has 8 heteroatoms. The van der Waals surface area contributed by atoms with Crippen LogP contribution in [-0.2, 0) is 9.47 Å². The zero-order valence-electron chi connectivity index (χ0n) is 25.3. The summed E-state index contributed by atoms with van der Waals surface area (Å²) in [6.45, 7) is 10.6. The summed E-state index contributed by atoms with van der Waals surface area (Å²) < 4.78 is 12.6. The number of thiocarbonyl (C=S) groups is 2. The highest BCUT2D eigenvalue weighted by molar-refractivity contribution is 8.59. The van der Waals surface area contributed by atoms with Crippen molar-refractivity contribution in [3.63, 3.8) is 0 Å². The number of thioether (sulfide) groups is 2. The molecular weight excluding hydrogens is 585 g/mol.